The Morgan fingerprint density at radius 1 is 1.23 bits per heavy atom. The van der Waals surface area contributed by atoms with Gasteiger partial charge in [-0.25, -0.2) is 4.98 Å². The van der Waals surface area contributed by atoms with Crippen LogP contribution in [0.3, 0.4) is 0 Å². The molecule has 1 aromatic heterocycles. The molecule has 22 heavy (non-hydrogen) atoms. The van der Waals surface area contributed by atoms with Gasteiger partial charge in [0.25, 0.3) is 0 Å². The molecular formula is C17H18BrN3O. The van der Waals surface area contributed by atoms with E-state index in [9.17, 15) is 5.11 Å². The Morgan fingerprint density at radius 3 is 2.86 bits per heavy atom. The Labute approximate surface area is 137 Å². The number of imidazole rings is 1. The molecule has 2 aromatic carbocycles. The van der Waals surface area contributed by atoms with E-state index in [0.29, 0.717) is 6.54 Å². The normalized spacial score (nSPS) is 11.0. The van der Waals surface area contributed by atoms with E-state index in [1.165, 1.54) is 0 Å². The highest BCUT2D eigenvalue weighted by Gasteiger charge is 2.10. The minimum atomic E-state index is 0.286. The summed E-state index contributed by atoms with van der Waals surface area (Å²) in [6, 6.07) is 13.6. The number of para-hydroxylation sites is 2. The lowest BCUT2D eigenvalue weighted by Gasteiger charge is -2.11. The Kier molecular flexibility index (Phi) is 4.34. The number of phenols is 1. The number of halogens is 1. The molecule has 3 aromatic rings. The number of aromatic nitrogens is 2. The van der Waals surface area contributed by atoms with Crippen LogP contribution in [0.25, 0.3) is 11.0 Å². The summed E-state index contributed by atoms with van der Waals surface area (Å²) >= 11 is 3.43. The van der Waals surface area contributed by atoms with Crippen molar-refractivity contribution in [2.75, 3.05) is 5.32 Å². The summed E-state index contributed by atoms with van der Waals surface area (Å²) in [6.07, 6.45) is 1.04. The lowest BCUT2D eigenvalue weighted by molar-refractivity contribution is 0.469. The Morgan fingerprint density at radius 2 is 2.05 bits per heavy atom. The number of fused-ring (bicyclic) bond motifs is 1. The van der Waals surface area contributed by atoms with Crippen LogP contribution in [0.5, 0.6) is 5.75 Å². The van der Waals surface area contributed by atoms with Crippen molar-refractivity contribution in [2.45, 2.75) is 26.4 Å². The summed E-state index contributed by atoms with van der Waals surface area (Å²) in [5.74, 6) is 1.12. The SMILES string of the molecule is CCCn1c(NCc2cc(Br)ccc2O)nc2ccccc21. The Bertz CT molecular complexity index is 798. The molecule has 0 bridgehead atoms. The van der Waals surface area contributed by atoms with E-state index in [2.05, 4.69) is 43.8 Å². The Hall–Kier alpha value is -2.01. The van der Waals surface area contributed by atoms with Gasteiger partial charge in [-0.2, -0.15) is 0 Å². The summed E-state index contributed by atoms with van der Waals surface area (Å²) in [7, 11) is 0. The molecule has 0 fully saturated rings. The van der Waals surface area contributed by atoms with Gasteiger partial charge in [0.1, 0.15) is 5.75 Å². The van der Waals surface area contributed by atoms with E-state index in [0.717, 1.165) is 40.0 Å². The molecule has 1 heterocycles. The lowest BCUT2D eigenvalue weighted by Crippen LogP contribution is -2.07. The van der Waals surface area contributed by atoms with Crippen LogP contribution >= 0.6 is 15.9 Å². The van der Waals surface area contributed by atoms with Crippen molar-refractivity contribution in [3.8, 4) is 5.75 Å². The number of hydrogen-bond acceptors (Lipinski definition) is 3. The topological polar surface area (TPSA) is 50.1 Å². The van der Waals surface area contributed by atoms with Crippen molar-refractivity contribution in [3.63, 3.8) is 0 Å². The summed E-state index contributed by atoms with van der Waals surface area (Å²) in [5.41, 5.74) is 2.95. The van der Waals surface area contributed by atoms with Gasteiger partial charge in [-0.1, -0.05) is 35.0 Å². The number of rotatable bonds is 5. The van der Waals surface area contributed by atoms with Crippen LogP contribution in [0.15, 0.2) is 46.9 Å². The van der Waals surface area contributed by atoms with Gasteiger partial charge >= 0.3 is 0 Å². The van der Waals surface area contributed by atoms with Crippen molar-refractivity contribution in [3.05, 3.63) is 52.5 Å². The number of nitrogens with zero attached hydrogens (tertiary/aromatic N) is 2. The van der Waals surface area contributed by atoms with E-state index in [4.69, 9.17) is 0 Å². The maximum atomic E-state index is 9.94. The van der Waals surface area contributed by atoms with Crippen LogP contribution in [0, 0.1) is 0 Å². The minimum absolute atomic E-state index is 0.286. The van der Waals surface area contributed by atoms with Gasteiger partial charge in [0.2, 0.25) is 5.95 Å². The second-order valence-electron chi connectivity index (χ2n) is 5.20. The Balaban J connectivity index is 1.90. The number of aryl methyl sites for hydroxylation is 1. The number of phenolic OH excluding ortho intramolecular Hbond substituents is 1. The minimum Gasteiger partial charge on any atom is -0.508 e. The molecule has 0 saturated heterocycles. The summed E-state index contributed by atoms with van der Waals surface area (Å²) in [6.45, 7) is 3.59. The van der Waals surface area contributed by atoms with Gasteiger partial charge in [0.05, 0.1) is 11.0 Å². The summed E-state index contributed by atoms with van der Waals surface area (Å²) < 4.78 is 3.13. The number of hydrogen-bond donors (Lipinski definition) is 2. The fourth-order valence-electron chi connectivity index (χ4n) is 2.53. The van der Waals surface area contributed by atoms with E-state index >= 15 is 0 Å². The summed E-state index contributed by atoms with van der Waals surface area (Å²) in [4.78, 5) is 4.66. The van der Waals surface area contributed by atoms with Crippen molar-refractivity contribution >= 4 is 32.9 Å². The molecule has 0 spiro atoms. The number of anilines is 1. The van der Waals surface area contributed by atoms with E-state index in [1.54, 1.807) is 6.07 Å². The molecule has 0 aliphatic rings. The largest absolute Gasteiger partial charge is 0.508 e. The highest BCUT2D eigenvalue weighted by molar-refractivity contribution is 9.10. The lowest BCUT2D eigenvalue weighted by atomic mass is 10.2. The predicted octanol–water partition coefficient (Wildman–Crippen LogP) is 4.53. The van der Waals surface area contributed by atoms with Crippen molar-refractivity contribution < 1.29 is 5.11 Å². The first kappa shape index (κ1) is 14.9. The average Bonchev–Trinajstić information content (AvgIpc) is 2.87. The molecule has 3 rings (SSSR count). The van der Waals surface area contributed by atoms with Crippen LogP contribution < -0.4 is 5.32 Å². The molecule has 0 atom stereocenters. The average molecular weight is 360 g/mol. The zero-order valence-corrected chi connectivity index (χ0v) is 14.0. The zero-order valence-electron chi connectivity index (χ0n) is 12.4. The highest BCUT2D eigenvalue weighted by Crippen LogP contribution is 2.24. The van der Waals surface area contributed by atoms with Gasteiger partial charge in [-0.05, 0) is 36.8 Å². The van der Waals surface area contributed by atoms with E-state index in [1.807, 2.05) is 30.3 Å². The van der Waals surface area contributed by atoms with Gasteiger partial charge in [0, 0.05) is 23.1 Å². The predicted molar refractivity (Wildman–Crippen MR) is 93.2 cm³/mol. The molecule has 0 aliphatic heterocycles. The molecule has 114 valence electrons. The van der Waals surface area contributed by atoms with E-state index in [-0.39, 0.29) is 5.75 Å². The number of aromatic hydroxyl groups is 1. The maximum Gasteiger partial charge on any atom is 0.204 e. The first-order valence-corrected chi connectivity index (χ1v) is 8.15. The highest BCUT2D eigenvalue weighted by atomic mass is 79.9. The van der Waals surface area contributed by atoms with E-state index < -0.39 is 0 Å². The van der Waals surface area contributed by atoms with Gasteiger partial charge < -0.3 is 15.0 Å². The fraction of sp³-hybridized carbons (Fsp3) is 0.235. The first-order valence-electron chi connectivity index (χ1n) is 7.35. The van der Waals surface area contributed by atoms with Crippen LogP contribution in [0.1, 0.15) is 18.9 Å². The maximum absolute atomic E-state index is 9.94. The standard InChI is InChI=1S/C17H18BrN3O/c1-2-9-21-15-6-4-3-5-14(15)20-17(21)19-11-12-10-13(18)7-8-16(12)22/h3-8,10,22H,2,9,11H2,1H3,(H,19,20). The fourth-order valence-corrected chi connectivity index (χ4v) is 2.94. The molecule has 0 aliphatic carbocycles. The third-order valence-corrected chi connectivity index (χ3v) is 4.07. The van der Waals surface area contributed by atoms with Crippen molar-refractivity contribution in [1.29, 1.82) is 0 Å². The van der Waals surface area contributed by atoms with Crippen LogP contribution in [-0.4, -0.2) is 14.7 Å². The number of benzene rings is 2. The van der Waals surface area contributed by atoms with Crippen molar-refractivity contribution in [2.24, 2.45) is 0 Å². The smallest absolute Gasteiger partial charge is 0.204 e. The number of nitrogens with one attached hydrogen (secondary N) is 1. The first-order chi connectivity index (χ1) is 10.7. The summed E-state index contributed by atoms with van der Waals surface area (Å²) in [5, 5.41) is 13.3. The molecule has 2 N–H and O–H groups in total. The van der Waals surface area contributed by atoms with Gasteiger partial charge in [-0.3, -0.25) is 0 Å². The molecule has 0 saturated carbocycles. The molecule has 0 amide bonds. The van der Waals surface area contributed by atoms with Gasteiger partial charge in [-0.15, -0.1) is 0 Å². The zero-order chi connectivity index (χ0) is 15.5. The molecular weight excluding hydrogens is 342 g/mol. The third-order valence-electron chi connectivity index (χ3n) is 3.58. The van der Waals surface area contributed by atoms with Crippen molar-refractivity contribution in [1.82, 2.24) is 9.55 Å². The quantitative estimate of drug-likeness (QED) is 0.703. The second kappa shape index (κ2) is 6.40. The van der Waals surface area contributed by atoms with Gasteiger partial charge in [0.15, 0.2) is 0 Å². The van der Waals surface area contributed by atoms with Crippen LogP contribution in [0.2, 0.25) is 0 Å². The van der Waals surface area contributed by atoms with Crippen LogP contribution in [0.4, 0.5) is 5.95 Å². The molecule has 0 unspecified atom stereocenters. The monoisotopic (exact) mass is 359 g/mol. The molecule has 4 nitrogen and oxygen atoms in total. The molecule has 0 radical (unpaired) electrons. The second-order valence-corrected chi connectivity index (χ2v) is 6.12. The van der Waals surface area contributed by atoms with Crippen LogP contribution in [-0.2, 0) is 13.1 Å². The molecule has 5 heteroatoms. The third kappa shape index (κ3) is 2.95.